The number of hydrogen-bond acceptors (Lipinski definition) is 2. The Kier molecular flexibility index (Phi) is 5.17. The van der Waals surface area contributed by atoms with Crippen molar-refractivity contribution in [1.82, 2.24) is 4.90 Å². The number of rotatable bonds is 3. The van der Waals surface area contributed by atoms with Crippen LogP contribution in [0.2, 0.25) is 0 Å². The van der Waals surface area contributed by atoms with Crippen molar-refractivity contribution in [2.45, 2.75) is 39.3 Å². The summed E-state index contributed by atoms with van der Waals surface area (Å²) < 4.78 is 14.1. The molecule has 1 saturated heterocycles. The topological polar surface area (TPSA) is 23.5 Å². The summed E-state index contributed by atoms with van der Waals surface area (Å²) >= 11 is 0. The third kappa shape index (κ3) is 3.82. The first-order valence-corrected chi connectivity index (χ1v) is 7.22. The SMILES string of the molecule is CC1CC(C)N(Cc2ccc(C#CCCO)cc2F)C1. The summed E-state index contributed by atoms with van der Waals surface area (Å²) in [6.07, 6.45) is 1.61. The van der Waals surface area contributed by atoms with E-state index in [4.69, 9.17) is 5.11 Å². The van der Waals surface area contributed by atoms with E-state index in [0.717, 1.165) is 12.1 Å². The molecular formula is C17H22FNO. The van der Waals surface area contributed by atoms with Crippen LogP contribution in [0.25, 0.3) is 0 Å². The molecule has 2 rings (SSSR count). The minimum atomic E-state index is -0.187. The van der Waals surface area contributed by atoms with Crippen LogP contribution in [0.4, 0.5) is 4.39 Å². The number of nitrogens with zero attached hydrogens (tertiary/aromatic N) is 1. The van der Waals surface area contributed by atoms with Crippen LogP contribution in [0.5, 0.6) is 0 Å². The van der Waals surface area contributed by atoms with Gasteiger partial charge in [-0.05, 0) is 31.4 Å². The predicted octanol–water partition coefficient (Wildman–Crippen LogP) is 2.79. The molecule has 1 aliphatic rings. The molecule has 1 N–H and O–H groups in total. The molecule has 0 amide bonds. The van der Waals surface area contributed by atoms with Crippen molar-refractivity contribution in [3.05, 3.63) is 35.1 Å². The van der Waals surface area contributed by atoms with E-state index < -0.39 is 0 Å². The lowest BCUT2D eigenvalue weighted by atomic mass is 10.1. The van der Waals surface area contributed by atoms with Gasteiger partial charge < -0.3 is 5.11 Å². The molecule has 0 bridgehead atoms. The van der Waals surface area contributed by atoms with E-state index in [0.29, 0.717) is 30.5 Å². The Hall–Kier alpha value is -1.37. The molecular weight excluding hydrogens is 253 g/mol. The zero-order chi connectivity index (χ0) is 14.5. The molecule has 0 saturated carbocycles. The molecule has 1 aromatic rings. The van der Waals surface area contributed by atoms with Crippen LogP contribution in [0, 0.1) is 23.6 Å². The largest absolute Gasteiger partial charge is 0.395 e. The minimum absolute atomic E-state index is 0.0403. The number of likely N-dealkylation sites (tertiary alicyclic amines) is 1. The van der Waals surface area contributed by atoms with Gasteiger partial charge in [0.1, 0.15) is 5.82 Å². The van der Waals surface area contributed by atoms with Crippen LogP contribution in [-0.2, 0) is 6.54 Å². The number of aliphatic hydroxyl groups is 1. The molecule has 2 nitrogen and oxygen atoms in total. The number of benzene rings is 1. The summed E-state index contributed by atoms with van der Waals surface area (Å²) in [5, 5.41) is 8.67. The molecule has 1 aliphatic heterocycles. The standard InChI is InChI=1S/C17H22FNO/c1-13-9-14(2)19(11-13)12-16-7-6-15(10-17(16)18)5-3-4-8-20/h6-7,10,13-14,20H,4,8-9,11-12H2,1-2H3. The molecule has 0 spiro atoms. The molecule has 2 unspecified atom stereocenters. The highest BCUT2D eigenvalue weighted by molar-refractivity contribution is 5.37. The lowest BCUT2D eigenvalue weighted by molar-refractivity contribution is 0.253. The quantitative estimate of drug-likeness (QED) is 0.857. The van der Waals surface area contributed by atoms with Crippen molar-refractivity contribution in [2.75, 3.05) is 13.2 Å². The first-order valence-electron chi connectivity index (χ1n) is 7.22. The lowest BCUT2D eigenvalue weighted by Gasteiger charge is -2.21. The zero-order valence-corrected chi connectivity index (χ0v) is 12.2. The zero-order valence-electron chi connectivity index (χ0n) is 12.2. The summed E-state index contributed by atoms with van der Waals surface area (Å²) in [6.45, 7) is 6.20. The van der Waals surface area contributed by atoms with Gasteiger partial charge in [0.25, 0.3) is 0 Å². The van der Waals surface area contributed by atoms with Crippen LogP contribution in [0.1, 0.15) is 37.8 Å². The molecule has 20 heavy (non-hydrogen) atoms. The Morgan fingerprint density at radius 3 is 2.80 bits per heavy atom. The fourth-order valence-corrected chi connectivity index (χ4v) is 2.80. The fourth-order valence-electron chi connectivity index (χ4n) is 2.80. The Labute approximate surface area is 120 Å². The Morgan fingerprint density at radius 2 is 2.20 bits per heavy atom. The highest BCUT2D eigenvalue weighted by Gasteiger charge is 2.26. The highest BCUT2D eigenvalue weighted by atomic mass is 19.1. The van der Waals surface area contributed by atoms with Gasteiger partial charge in [-0.25, -0.2) is 4.39 Å². The average Bonchev–Trinajstić information content (AvgIpc) is 2.71. The van der Waals surface area contributed by atoms with E-state index in [1.165, 1.54) is 12.5 Å². The second-order valence-electron chi connectivity index (χ2n) is 5.70. The van der Waals surface area contributed by atoms with Gasteiger partial charge in [0, 0.05) is 36.7 Å². The maximum atomic E-state index is 14.1. The van der Waals surface area contributed by atoms with Crippen molar-refractivity contribution < 1.29 is 9.50 Å². The van der Waals surface area contributed by atoms with Crippen molar-refractivity contribution in [1.29, 1.82) is 0 Å². The second-order valence-corrected chi connectivity index (χ2v) is 5.70. The van der Waals surface area contributed by atoms with Gasteiger partial charge in [0.2, 0.25) is 0 Å². The maximum absolute atomic E-state index is 14.1. The minimum Gasteiger partial charge on any atom is -0.395 e. The summed E-state index contributed by atoms with van der Waals surface area (Å²) in [7, 11) is 0. The van der Waals surface area contributed by atoms with E-state index in [-0.39, 0.29) is 12.4 Å². The van der Waals surface area contributed by atoms with E-state index in [1.807, 2.05) is 12.1 Å². The van der Waals surface area contributed by atoms with Crippen molar-refractivity contribution in [2.24, 2.45) is 5.92 Å². The first-order chi connectivity index (χ1) is 9.60. The molecule has 0 radical (unpaired) electrons. The summed E-state index contributed by atoms with van der Waals surface area (Å²) in [5.41, 5.74) is 1.40. The van der Waals surface area contributed by atoms with Crippen LogP contribution in [-0.4, -0.2) is 29.2 Å². The first kappa shape index (κ1) is 15.0. The van der Waals surface area contributed by atoms with E-state index >= 15 is 0 Å². The third-order valence-electron chi connectivity index (χ3n) is 3.81. The normalized spacial score (nSPS) is 22.6. The third-order valence-corrected chi connectivity index (χ3v) is 3.81. The van der Waals surface area contributed by atoms with Gasteiger partial charge >= 0.3 is 0 Å². The molecule has 1 aromatic carbocycles. The summed E-state index contributed by atoms with van der Waals surface area (Å²) in [5.74, 6) is 6.17. The smallest absolute Gasteiger partial charge is 0.128 e. The van der Waals surface area contributed by atoms with Gasteiger partial charge in [-0.2, -0.15) is 0 Å². The van der Waals surface area contributed by atoms with Gasteiger partial charge in [0.15, 0.2) is 0 Å². The van der Waals surface area contributed by atoms with Gasteiger partial charge in [-0.15, -0.1) is 0 Å². The van der Waals surface area contributed by atoms with Crippen LogP contribution >= 0.6 is 0 Å². The molecule has 1 heterocycles. The molecule has 0 aromatic heterocycles. The average molecular weight is 275 g/mol. The fraction of sp³-hybridized carbons (Fsp3) is 0.529. The second kappa shape index (κ2) is 6.88. The van der Waals surface area contributed by atoms with Gasteiger partial charge in [-0.3, -0.25) is 4.90 Å². The van der Waals surface area contributed by atoms with Crippen molar-refractivity contribution >= 4 is 0 Å². The predicted molar refractivity (Wildman–Crippen MR) is 78.6 cm³/mol. The van der Waals surface area contributed by atoms with Crippen LogP contribution in [0.3, 0.4) is 0 Å². The molecule has 0 aliphatic carbocycles. The molecule has 2 atom stereocenters. The Morgan fingerprint density at radius 1 is 1.40 bits per heavy atom. The van der Waals surface area contributed by atoms with Crippen LogP contribution in [0.15, 0.2) is 18.2 Å². The van der Waals surface area contributed by atoms with Crippen molar-refractivity contribution in [3.8, 4) is 11.8 Å². The summed E-state index contributed by atoms with van der Waals surface area (Å²) in [6, 6.07) is 5.69. The highest BCUT2D eigenvalue weighted by Crippen LogP contribution is 2.25. The molecule has 108 valence electrons. The number of hydrogen-bond donors (Lipinski definition) is 1. The molecule has 3 heteroatoms. The van der Waals surface area contributed by atoms with E-state index in [2.05, 4.69) is 30.6 Å². The maximum Gasteiger partial charge on any atom is 0.128 e. The lowest BCUT2D eigenvalue weighted by Crippen LogP contribution is -2.27. The van der Waals surface area contributed by atoms with Crippen molar-refractivity contribution in [3.63, 3.8) is 0 Å². The molecule has 1 fully saturated rings. The van der Waals surface area contributed by atoms with E-state index in [1.54, 1.807) is 0 Å². The van der Waals surface area contributed by atoms with E-state index in [9.17, 15) is 4.39 Å². The monoisotopic (exact) mass is 275 g/mol. The van der Waals surface area contributed by atoms with Gasteiger partial charge in [-0.1, -0.05) is 24.8 Å². The number of halogens is 1. The Bertz CT molecular complexity index is 517. The number of aliphatic hydroxyl groups excluding tert-OH is 1. The van der Waals surface area contributed by atoms with Crippen LogP contribution < -0.4 is 0 Å². The Balaban J connectivity index is 2.05. The van der Waals surface area contributed by atoms with Gasteiger partial charge in [0.05, 0.1) is 6.61 Å². The summed E-state index contributed by atoms with van der Waals surface area (Å²) in [4.78, 5) is 2.33.